The van der Waals surface area contributed by atoms with Crippen LogP contribution in [0.1, 0.15) is 12.8 Å². The molecule has 0 aromatic carbocycles. The average molecular weight is 139 g/mol. The first-order valence-electron chi connectivity index (χ1n) is 3.43. The lowest BCUT2D eigenvalue weighted by Gasteiger charge is -2.22. The van der Waals surface area contributed by atoms with Crippen molar-refractivity contribution in [1.82, 2.24) is 5.32 Å². The smallest absolute Gasteiger partial charge is 0.200 e. The summed E-state index contributed by atoms with van der Waals surface area (Å²) in [5.74, 6) is -0.438. The van der Waals surface area contributed by atoms with Gasteiger partial charge in [0.1, 0.15) is 0 Å². The van der Waals surface area contributed by atoms with Gasteiger partial charge in [0.2, 0.25) is 7.85 Å². The topological polar surface area (TPSA) is 38.3 Å². The van der Waals surface area contributed by atoms with E-state index in [4.69, 9.17) is 12.6 Å². The van der Waals surface area contributed by atoms with E-state index in [0.717, 1.165) is 26.1 Å². The number of hydrogen-bond donors (Lipinski definition) is 1. The molecule has 54 valence electrons. The molecule has 1 aliphatic rings. The van der Waals surface area contributed by atoms with Crippen LogP contribution in [0.2, 0.25) is 0 Å². The Kier molecular flexibility index (Phi) is 2.74. The Bertz CT molecular complexity index is 123. The van der Waals surface area contributed by atoms with Crippen molar-refractivity contribution in [3.05, 3.63) is 0 Å². The van der Waals surface area contributed by atoms with Crippen LogP contribution in [0.25, 0.3) is 0 Å². The minimum atomic E-state index is -0.438. The highest BCUT2D eigenvalue weighted by atomic mass is 16.5. The number of carbonyl (C=O) groups excluding carboxylic acids is 1. The lowest BCUT2D eigenvalue weighted by Crippen LogP contribution is -2.38. The molecule has 2 radical (unpaired) electrons. The molecule has 1 rings (SSSR count). The van der Waals surface area contributed by atoms with Gasteiger partial charge in [0.05, 0.1) is 0 Å². The molecule has 1 fully saturated rings. The summed E-state index contributed by atoms with van der Waals surface area (Å²) in [5.41, 5.74) is 0. The van der Waals surface area contributed by atoms with E-state index in [1.807, 2.05) is 0 Å². The summed E-state index contributed by atoms with van der Waals surface area (Å²) in [6, 6.07) is 0.228. The maximum absolute atomic E-state index is 10.3. The lowest BCUT2D eigenvalue weighted by molar-refractivity contribution is 0.0810. The number of ether oxygens (including phenoxy) is 1. The number of amides is 1. The van der Waals surface area contributed by atoms with Crippen molar-refractivity contribution in [3.63, 3.8) is 0 Å². The van der Waals surface area contributed by atoms with Gasteiger partial charge in [-0.15, -0.1) is 0 Å². The molecule has 10 heavy (non-hydrogen) atoms. The Labute approximate surface area is 61.5 Å². The molecule has 1 saturated heterocycles. The molecule has 1 heterocycles. The third-order valence-electron chi connectivity index (χ3n) is 1.57. The van der Waals surface area contributed by atoms with E-state index in [-0.39, 0.29) is 6.04 Å². The molecule has 0 aromatic heterocycles. The fourth-order valence-corrected chi connectivity index (χ4v) is 1.04. The second-order valence-electron chi connectivity index (χ2n) is 2.40. The Hall–Kier alpha value is -0.505. The Morgan fingerprint density at radius 3 is 2.60 bits per heavy atom. The number of carbonyl (C=O) groups is 1. The van der Waals surface area contributed by atoms with E-state index >= 15 is 0 Å². The molecule has 4 heteroatoms. The molecule has 0 unspecified atom stereocenters. The normalized spacial score (nSPS) is 20.4. The third-order valence-corrected chi connectivity index (χ3v) is 1.57. The lowest BCUT2D eigenvalue weighted by atomic mass is 10.1. The molecule has 0 atom stereocenters. The molecule has 0 spiro atoms. The van der Waals surface area contributed by atoms with Gasteiger partial charge in [-0.2, -0.15) is 0 Å². The molecule has 1 aliphatic heterocycles. The van der Waals surface area contributed by atoms with Gasteiger partial charge in [0, 0.05) is 19.3 Å². The fraction of sp³-hybridized carbons (Fsp3) is 0.833. The van der Waals surface area contributed by atoms with E-state index < -0.39 is 5.81 Å². The minimum absolute atomic E-state index is 0.228. The quantitative estimate of drug-likeness (QED) is 0.521. The van der Waals surface area contributed by atoms with Crippen LogP contribution in [0.15, 0.2) is 0 Å². The van der Waals surface area contributed by atoms with Gasteiger partial charge in [-0.1, -0.05) is 0 Å². The van der Waals surface area contributed by atoms with Gasteiger partial charge in [-0.25, -0.2) is 0 Å². The Morgan fingerprint density at radius 2 is 2.10 bits per heavy atom. The highest BCUT2D eigenvalue weighted by Crippen LogP contribution is 2.05. The first-order valence-corrected chi connectivity index (χ1v) is 3.43. The Morgan fingerprint density at radius 1 is 1.50 bits per heavy atom. The zero-order chi connectivity index (χ0) is 7.40. The van der Waals surface area contributed by atoms with E-state index in [2.05, 4.69) is 5.32 Å². The second kappa shape index (κ2) is 3.61. The molecule has 1 amide bonds. The van der Waals surface area contributed by atoms with Gasteiger partial charge in [-0.05, 0) is 12.8 Å². The summed E-state index contributed by atoms with van der Waals surface area (Å²) in [6.45, 7) is 1.45. The zero-order valence-corrected chi connectivity index (χ0v) is 5.80. The van der Waals surface area contributed by atoms with Crippen molar-refractivity contribution < 1.29 is 9.53 Å². The van der Waals surface area contributed by atoms with Crippen LogP contribution < -0.4 is 5.32 Å². The van der Waals surface area contributed by atoms with Crippen molar-refractivity contribution in [2.75, 3.05) is 13.2 Å². The SMILES string of the molecule is [B]C(=O)NC1CCOCC1. The van der Waals surface area contributed by atoms with Crippen molar-refractivity contribution in [2.24, 2.45) is 0 Å². The van der Waals surface area contributed by atoms with Crippen LogP contribution >= 0.6 is 0 Å². The van der Waals surface area contributed by atoms with Gasteiger partial charge in [0.15, 0.2) is 5.81 Å². The van der Waals surface area contributed by atoms with Crippen LogP contribution in [0.5, 0.6) is 0 Å². The monoisotopic (exact) mass is 139 g/mol. The number of nitrogens with one attached hydrogen (secondary N) is 1. The summed E-state index contributed by atoms with van der Waals surface area (Å²) in [5, 5.41) is 2.64. The third kappa shape index (κ3) is 2.39. The minimum Gasteiger partial charge on any atom is -0.381 e. The van der Waals surface area contributed by atoms with Gasteiger partial charge < -0.3 is 10.1 Å². The summed E-state index contributed by atoms with van der Waals surface area (Å²) in [6.07, 6.45) is 1.76. The highest BCUT2D eigenvalue weighted by Gasteiger charge is 2.13. The highest BCUT2D eigenvalue weighted by molar-refractivity contribution is 6.57. The molecule has 1 N–H and O–H groups in total. The largest absolute Gasteiger partial charge is 0.381 e. The van der Waals surface area contributed by atoms with Crippen LogP contribution in [-0.2, 0) is 4.74 Å². The zero-order valence-electron chi connectivity index (χ0n) is 5.80. The average Bonchev–Trinajstić information content (AvgIpc) is 1.88. The van der Waals surface area contributed by atoms with Crippen molar-refractivity contribution in [3.8, 4) is 0 Å². The number of hydrogen-bond acceptors (Lipinski definition) is 2. The van der Waals surface area contributed by atoms with Crippen molar-refractivity contribution in [2.45, 2.75) is 18.9 Å². The predicted octanol–water partition coefficient (Wildman–Crippen LogP) is 0.0435. The van der Waals surface area contributed by atoms with Crippen LogP contribution in [0.4, 0.5) is 4.79 Å². The summed E-state index contributed by atoms with van der Waals surface area (Å²) in [7, 11) is 4.93. The summed E-state index contributed by atoms with van der Waals surface area (Å²) in [4.78, 5) is 10.3. The first-order chi connectivity index (χ1) is 4.79. The maximum atomic E-state index is 10.3. The standard InChI is InChI=1S/C6H10BNO2/c7-6(9)8-5-1-3-10-4-2-5/h5H,1-4H2,(H,8,9). The molecule has 3 nitrogen and oxygen atoms in total. The van der Waals surface area contributed by atoms with E-state index in [1.54, 1.807) is 0 Å². The molecule has 0 saturated carbocycles. The predicted molar refractivity (Wildman–Crippen MR) is 38.1 cm³/mol. The maximum Gasteiger partial charge on any atom is 0.200 e. The van der Waals surface area contributed by atoms with E-state index in [9.17, 15) is 4.79 Å². The first kappa shape index (κ1) is 7.60. The molecule has 0 aromatic rings. The summed E-state index contributed by atoms with van der Waals surface area (Å²) < 4.78 is 5.09. The second-order valence-corrected chi connectivity index (χ2v) is 2.40. The number of rotatable bonds is 1. The summed E-state index contributed by atoms with van der Waals surface area (Å²) >= 11 is 0. The van der Waals surface area contributed by atoms with Crippen LogP contribution in [-0.4, -0.2) is 32.9 Å². The van der Waals surface area contributed by atoms with Crippen LogP contribution in [0, 0.1) is 0 Å². The van der Waals surface area contributed by atoms with Gasteiger partial charge in [-0.3, -0.25) is 4.79 Å². The fourth-order valence-electron chi connectivity index (χ4n) is 1.04. The van der Waals surface area contributed by atoms with Crippen molar-refractivity contribution in [1.29, 1.82) is 0 Å². The van der Waals surface area contributed by atoms with E-state index in [0.29, 0.717) is 0 Å². The van der Waals surface area contributed by atoms with Crippen molar-refractivity contribution >= 4 is 13.7 Å². The Balaban J connectivity index is 2.19. The van der Waals surface area contributed by atoms with E-state index in [1.165, 1.54) is 0 Å². The van der Waals surface area contributed by atoms with Gasteiger partial charge in [0.25, 0.3) is 0 Å². The molecule has 0 aliphatic carbocycles. The van der Waals surface area contributed by atoms with Crippen LogP contribution in [0.3, 0.4) is 0 Å². The molecular weight excluding hydrogens is 129 g/mol. The molecular formula is C6H10BNO2. The van der Waals surface area contributed by atoms with Gasteiger partial charge >= 0.3 is 0 Å². The molecule has 0 bridgehead atoms.